The highest BCUT2D eigenvalue weighted by atomic mass is 15.2. The lowest BCUT2D eigenvalue weighted by Gasteiger charge is -2.18. The monoisotopic (exact) mass is 256 g/mol. The zero-order chi connectivity index (χ0) is 13.7. The van der Waals surface area contributed by atoms with E-state index in [2.05, 4.69) is 51.4 Å². The Labute approximate surface area is 114 Å². The average Bonchev–Trinajstić information content (AvgIpc) is 2.40. The van der Waals surface area contributed by atoms with E-state index in [9.17, 15) is 0 Å². The predicted molar refractivity (Wildman–Crippen MR) is 78.1 cm³/mol. The molecule has 0 saturated carbocycles. The Morgan fingerprint density at radius 3 is 2.68 bits per heavy atom. The zero-order valence-corrected chi connectivity index (χ0v) is 11.7. The maximum atomic E-state index is 4.44. The van der Waals surface area contributed by atoms with Crippen LogP contribution in [-0.4, -0.2) is 24.1 Å². The molecule has 0 aliphatic heterocycles. The van der Waals surface area contributed by atoms with Gasteiger partial charge in [0.1, 0.15) is 5.82 Å². The minimum Gasteiger partial charge on any atom is -0.354 e. The van der Waals surface area contributed by atoms with Gasteiger partial charge >= 0.3 is 0 Å². The molecule has 1 N–H and O–H groups in total. The van der Waals surface area contributed by atoms with E-state index in [1.807, 2.05) is 26.5 Å². The van der Waals surface area contributed by atoms with Crippen LogP contribution in [0.4, 0.5) is 5.82 Å². The molecule has 0 fully saturated rings. The third kappa shape index (κ3) is 3.76. The SMILES string of the molecule is CNCc1cnc(N(C)Cc2cccc(C)c2)cn1. The minimum atomic E-state index is 0.745. The van der Waals surface area contributed by atoms with Crippen LogP contribution >= 0.6 is 0 Å². The molecule has 0 atom stereocenters. The summed E-state index contributed by atoms with van der Waals surface area (Å²) in [7, 11) is 3.93. The Kier molecular flexibility index (Phi) is 4.47. The molecule has 1 heterocycles. The van der Waals surface area contributed by atoms with Gasteiger partial charge in [0.2, 0.25) is 0 Å². The van der Waals surface area contributed by atoms with E-state index < -0.39 is 0 Å². The molecule has 1 aromatic heterocycles. The van der Waals surface area contributed by atoms with Gasteiger partial charge in [0.15, 0.2) is 0 Å². The number of nitrogens with one attached hydrogen (secondary N) is 1. The number of hydrogen-bond acceptors (Lipinski definition) is 4. The Morgan fingerprint density at radius 2 is 2.05 bits per heavy atom. The van der Waals surface area contributed by atoms with Gasteiger partial charge in [-0.15, -0.1) is 0 Å². The second-order valence-electron chi connectivity index (χ2n) is 4.74. The molecule has 2 rings (SSSR count). The number of rotatable bonds is 5. The molecular formula is C15H20N4. The molecule has 4 nitrogen and oxygen atoms in total. The molecule has 0 amide bonds. The number of benzene rings is 1. The van der Waals surface area contributed by atoms with Gasteiger partial charge in [-0.1, -0.05) is 29.8 Å². The summed E-state index contributed by atoms with van der Waals surface area (Å²) in [6.07, 6.45) is 3.64. The molecular weight excluding hydrogens is 236 g/mol. The van der Waals surface area contributed by atoms with Crippen LogP contribution in [0, 0.1) is 6.92 Å². The number of nitrogens with zero attached hydrogens (tertiary/aromatic N) is 3. The minimum absolute atomic E-state index is 0.745. The quantitative estimate of drug-likeness (QED) is 0.890. The van der Waals surface area contributed by atoms with Crippen molar-refractivity contribution in [3.63, 3.8) is 0 Å². The van der Waals surface area contributed by atoms with Gasteiger partial charge in [-0.05, 0) is 19.5 Å². The summed E-state index contributed by atoms with van der Waals surface area (Å²) in [6, 6.07) is 8.52. The number of anilines is 1. The standard InChI is InChI=1S/C15H20N4/c1-12-5-4-6-13(7-12)11-19(3)15-10-17-14(8-16-2)9-18-15/h4-7,9-10,16H,8,11H2,1-3H3. The maximum Gasteiger partial charge on any atom is 0.147 e. The molecule has 4 heteroatoms. The van der Waals surface area contributed by atoms with Gasteiger partial charge in [-0.3, -0.25) is 4.98 Å². The van der Waals surface area contributed by atoms with Crippen molar-refractivity contribution in [3.05, 3.63) is 53.5 Å². The molecule has 0 aliphatic carbocycles. The van der Waals surface area contributed by atoms with Gasteiger partial charge in [0.25, 0.3) is 0 Å². The van der Waals surface area contributed by atoms with Crippen LogP contribution in [-0.2, 0) is 13.1 Å². The first-order valence-electron chi connectivity index (χ1n) is 6.41. The Hall–Kier alpha value is -1.94. The van der Waals surface area contributed by atoms with Crippen LogP contribution in [0.15, 0.2) is 36.7 Å². The summed E-state index contributed by atoms with van der Waals surface area (Å²) in [5, 5.41) is 3.06. The molecule has 0 saturated heterocycles. The average molecular weight is 256 g/mol. The normalized spacial score (nSPS) is 10.5. The highest BCUT2D eigenvalue weighted by Gasteiger charge is 2.04. The van der Waals surface area contributed by atoms with Crippen LogP contribution in [0.25, 0.3) is 0 Å². The molecule has 1 aromatic carbocycles. The van der Waals surface area contributed by atoms with Crippen LogP contribution < -0.4 is 10.2 Å². The Balaban J connectivity index is 2.05. The van der Waals surface area contributed by atoms with Crippen LogP contribution in [0.5, 0.6) is 0 Å². The fourth-order valence-corrected chi connectivity index (χ4v) is 1.98. The number of aryl methyl sites for hydroxylation is 1. The van der Waals surface area contributed by atoms with Crippen LogP contribution in [0.3, 0.4) is 0 Å². The van der Waals surface area contributed by atoms with Gasteiger partial charge in [0.05, 0.1) is 18.1 Å². The lowest BCUT2D eigenvalue weighted by molar-refractivity contribution is 0.779. The van der Waals surface area contributed by atoms with Crippen molar-refractivity contribution in [2.24, 2.45) is 0 Å². The number of hydrogen-bond donors (Lipinski definition) is 1. The van der Waals surface area contributed by atoms with Crippen molar-refractivity contribution in [2.45, 2.75) is 20.0 Å². The summed E-state index contributed by atoms with van der Waals surface area (Å²) in [6.45, 7) is 3.69. The lowest BCUT2D eigenvalue weighted by atomic mass is 10.1. The third-order valence-electron chi connectivity index (χ3n) is 2.94. The van der Waals surface area contributed by atoms with E-state index in [1.165, 1.54) is 11.1 Å². The Morgan fingerprint density at radius 1 is 1.21 bits per heavy atom. The van der Waals surface area contributed by atoms with E-state index in [-0.39, 0.29) is 0 Å². The second kappa shape index (κ2) is 6.29. The summed E-state index contributed by atoms with van der Waals surface area (Å²) >= 11 is 0. The van der Waals surface area contributed by atoms with Crippen molar-refractivity contribution in [1.29, 1.82) is 0 Å². The molecule has 0 unspecified atom stereocenters. The topological polar surface area (TPSA) is 41.1 Å². The van der Waals surface area contributed by atoms with Crippen LogP contribution in [0.1, 0.15) is 16.8 Å². The second-order valence-corrected chi connectivity index (χ2v) is 4.74. The molecule has 0 bridgehead atoms. The highest BCUT2D eigenvalue weighted by molar-refractivity contribution is 5.36. The molecule has 0 radical (unpaired) electrons. The summed E-state index contributed by atoms with van der Waals surface area (Å²) < 4.78 is 0. The van der Waals surface area contributed by atoms with E-state index in [0.717, 1.165) is 24.6 Å². The molecule has 19 heavy (non-hydrogen) atoms. The van der Waals surface area contributed by atoms with Crippen molar-refractivity contribution < 1.29 is 0 Å². The van der Waals surface area contributed by atoms with E-state index in [1.54, 1.807) is 0 Å². The summed E-state index contributed by atoms with van der Waals surface area (Å²) in [5.41, 5.74) is 3.51. The highest BCUT2D eigenvalue weighted by Crippen LogP contribution is 2.12. The summed E-state index contributed by atoms with van der Waals surface area (Å²) in [5.74, 6) is 0.890. The lowest BCUT2D eigenvalue weighted by Crippen LogP contribution is -2.18. The van der Waals surface area contributed by atoms with Gasteiger partial charge in [0, 0.05) is 20.1 Å². The fraction of sp³-hybridized carbons (Fsp3) is 0.333. The maximum absolute atomic E-state index is 4.44. The van der Waals surface area contributed by atoms with Gasteiger partial charge in [-0.2, -0.15) is 0 Å². The first kappa shape index (κ1) is 13.5. The summed E-state index contributed by atoms with van der Waals surface area (Å²) in [4.78, 5) is 10.9. The first-order valence-corrected chi connectivity index (χ1v) is 6.41. The molecule has 0 aliphatic rings. The van der Waals surface area contributed by atoms with E-state index in [4.69, 9.17) is 0 Å². The number of aromatic nitrogens is 2. The Bertz CT molecular complexity index is 522. The van der Waals surface area contributed by atoms with Crippen molar-refractivity contribution in [3.8, 4) is 0 Å². The van der Waals surface area contributed by atoms with Gasteiger partial charge in [-0.25, -0.2) is 4.98 Å². The largest absolute Gasteiger partial charge is 0.354 e. The van der Waals surface area contributed by atoms with Gasteiger partial charge < -0.3 is 10.2 Å². The van der Waals surface area contributed by atoms with E-state index >= 15 is 0 Å². The fourth-order valence-electron chi connectivity index (χ4n) is 1.98. The van der Waals surface area contributed by atoms with E-state index in [0.29, 0.717) is 0 Å². The first-order chi connectivity index (χ1) is 9.19. The smallest absolute Gasteiger partial charge is 0.147 e. The van der Waals surface area contributed by atoms with Crippen molar-refractivity contribution in [2.75, 3.05) is 19.0 Å². The third-order valence-corrected chi connectivity index (χ3v) is 2.94. The molecule has 2 aromatic rings. The molecule has 100 valence electrons. The van der Waals surface area contributed by atoms with Crippen LogP contribution in [0.2, 0.25) is 0 Å². The zero-order valence-electron chi connectivity index (χ0n) is 11.7. The molecule has 0 spiro atoms. The predicted octanol–water partition coefficient (Wildman–Crippen LogP) is 2.14. The van der Waals surface area contributed by atoms with Crippen molar-refractivity contribution in [1.82, 2.24) is 15.3 Å². The van der Waals surface area contributed by atoms with Crippen molar-refractivity contribution >= 4 is 5.82 Å².